The van der Waals surface area contributed by atoms with E-state index in [0.717, 1.165) is 0 Å². The molecule has 1 fully saturated rings. The molecule has 1 aromatic carbocycles. The molecule has 0 aliphatic carbocycles. The summed E-state index contributed by atoms with van der Waals surface area (Å²) < 4.78 is 27.4. The Balaban J connectivity index is 0.00000242. The molecule has 0 bridgehead atoms. The molecule has 0 aromatic heterocycles. The zero-order valence-electron chi connectivity index (χ0n) is 12.0. The quantitative estimate of drug-likeness (QED) is 0.604. The fraction of sp³-hybridized carbons (Fsp3) is 0.500. The van der Waals surface area contributed by atoms with E-state index in [1.165, 1.54) is 22.5 Å². The number of rotatable bonds is 3. The third-order valence-electron chi connectivity index (χ3n) is 3.68. The summed E-state index contributed by atoms with van der Waals surface area (Å²) in [5, 5.41) is 14.3. The number of nitrogens with one attached hydrogen (secondary N) is 1. The number of halogens is 2. The Morgan fingerprint density at radius 2 is 2.05 bits per heavy atom. The van der Waals surface area contributed by atoms with Gasteiger partial charge in [-0.1, -0.05) is 15.9 Å². The Hall–Kier alpha value is -0.740. The average Bonchev–Trinajstić information content (AvgIpc) is 2.41. The van der Waals surface area contributed by atoms with Gasteiger partial charge in [0.1, 0.15) is 0 Å². The van der Waals surface area contributed by atoms with E-state index in [0.29, 0.717) is 11.0 Å². The van der Waals surface area contributed by atoms with Crippen LogP contribution in [0.3, 0.4) is 0 Å². The van der Waals surface area contributed by atoms with Crippen LogP contribution in [0.4, 0.5) is 5.69 Å². The van der Waals surface area contributed by atoms with Gasteiger partial charge in [0.15, 0.2) is 4.90 Å². The van der Waals surface area contributed by atoms with Crippen molar-refractivity contribution in [3.8, 4) is 0 Å². The maximum Gasteiger partial charge on any atom is 0.289 e. The smallest absolute Gasteiger partial charge is 0.289 e. The Bertz CT molecular complexity index is 670. The van der Waals surface area contributed by atoms with Gasteiger partial charge in [-0.05, 0) is 26.0 Å². The predicted octanol–water partition coefficient (Wildman–Crippen LogP) is 2.15. The van der Waals surface area contributed by atoms with Crippen molar-refractivity contribution >= 4 is 44.0 Å². The summed E-state index contributed by atoms with van der Waals surface area (Å²) in [6, 6.07) is 3.66. The molecule has 1 saturated heterocycles. The van der Waals surface area contributed by atoms with E-state index in [4.69, 9.17) is 0 Å². The minimum atomic E-state index is -3.92. The van der Waals surface area contributed by atoms with Crippen LogP contribution < -0.4 is 5.32 Å². The molecule has 1 aromatic rings. The lowest BCUT2D eigenvalue weighted by Crippen LogP contribution is -2.57. The molecular formula is C12H17BrClN3O4S. The van der Waals surface area contributed by atoms with Crippen LogP contribution in [0.2, 0.25) is 0 Å². The van der Waals surface area contributed by atoms with E-state index in [1.54, 1.807) is 6.92 Å². The highest BCUT2D eigenvalue weighted by atomic mass is 79.9. The lowest BCUT2D eigenvalue weighted by molar-refractivity contribution is -0.387. The number of nitrogens with zero attached hydrogens (tertiary/aromatic N) is 2. The van der Waals surface area contributed by atoms with Crippen molar-refractivity contribution in [3.05, 3.63) is 32.8 Å². The molecule has 1 aliphatic heterocycles. The third kappa shape index (κ3) is 3.60. The van der Waals surface area contributed by atoms with Gasteiger partial charge in [0.2, 0.25) is 10.0 Å². The van der Waals surface area contributed by atoms with Gasteiger partial charge in [-0.25, -0.2) is 8.42 Å². The molecular weight excluding hydrogens is 398 g/mol. The number of piperazine rings is 1. The molecule has 7 nitrogen and oxygen atoms in total. The molecule has 10 heteroatoms. The van der Waals surface area contributed by atoms with Gasteiger partial charge in [0.25, 0.3) is 5.69 Å². The van der Waals surface area contributed by atoms with Crippen LogP contribution in [0.5, 0.6) is 0 Å². The van der Waals surface area contributed by atoms with Gasteiger partial charge in [-0.3, -0.25) is 10.1 Å². The number of sulfonamides is 1. The summed E-state index contributed by atoms with van der Waals surface area (Å²) in [5.74, 6) is 0. The Morgan fingerprint density at radius 1 is 1.41 bits per heavy atom. The molecule has 0 saturated carbocycles. The van der Waals surface area contributed by atoms with Crippen LogP contribution in [0, 0.1) is 10.1 Å². The molecule has 1 N–H and O–H groups in total. The van der Waals surface area contributed by atoms with E-state index in [9.17, 15) is 18.5 Å². The van der Waals surface area contributed by atoms with Crippen LogP contribution in [0.1, 0.15) is 13.8 Å². The second-order valence-corrected chi connectivity index (χ2v) is 7.74. The van der Waals surface area contributed by atoms with Crippen molar-refractivity contribution in [3.63, 3.8) is 0 Å². The van der Waals surface area contributed by atoms with Crippen LogP contribution in [0.15, 0.2) is 27.6 Å². The number of nitro benzene ring substituents is 1. The van der Waals surface area contributed by atoms with Gasteiger partial charge in [0.05, 0.1) is 4.92 Å². The van der Waals surface area contributed by atoms with Crippen molar-refractivity contribution in [2.45, 2.75) is 30.8 Å². The van der Waals surface area contributed by atoms with Crippen molar-refractivity contribution in [1.82, 2.24) is 9.62 Å². The first-order valence-electron chi connectivity index (χ1n) is 6.44. The monoisotopic (exact) mass is 413 g/mol. The molecule has 2 atom stereocenters. The van der Waals surface area contributed by atoms with Gasteiger partial charge in [-0.15, -0.1) is 12.4 Å². The molecule has 1 heterocycles. The van der Waals surface area contributed by atoms with Crippen LogP contribution in [-0.4, -0.2) is 42.8 Å². The molecule has 2 unspecified atom stereocenters. The summed E-state index contributed by atoms with van der Waals surface area (Å²) in [6.07, 6.45) is 0. The third-order valence-corrected chi connectivity index (χ3v) is 6.19. The normalized spacial score (nSPS) is 22.9. The Labute approximate surface area is 143 Å². The first-order chi connectivity index (χ1) is 9.75. The van der Waals surface area contributed by atoms with E-state index < -0.39 is 20.6 Å². The number of nitro groups is 1. The lowest BCUT2D eigenvalue weighted by atomic mass is 10.1. The molecule has 0 amide bonds. The van der Waals surface area contributed by atoms with Crippen LogP contribution >= 0.6 is 28.3 Å². The highest BCUT2D eigenvalue weighted by Gasteiger charge is 2.38. The predicted molar refractivity (Wildman–Crippen MR) is 88.9 cm³/mol. The summed E-state index contributed by atoms with van der Waals surface area (Å²) in [6.45, 7) is 4.49. The zero-order valence-corrected chi connectivity index (χ0v) is 15.2. The minimum Gasteiger partial charge on any atom is -0.311 e. The fourth-order valence-electron chi connectivity index (χ4n) is 2.34. The number of hydrogen-bond donors (Lipinski definition) is 1. The highest BCUT2D eigenvalue weighted by Crippen LogP contribution is 2.31. The van der Waals surface area contributed by atoms with E-state index in [-0.39, 0.29) is 35.9 Å². The Kier molecular flexibility index (Phi) is 6.34. The molecule has 0 spiro atoms. The molecule has 1 aliphatic rings. The van der Waals surface area contributed by atoms with Crippen LogP contribution in [0.25, 0.3) is 0 Å². The molecule has 2 rings (SSSR count). The number of hydrogen-bond acceptors (Lipinski definition) is 5. The van der Waals surface area contributed by atoms with E-state index in [2.05, 4.69) is 21.2 Å². The SMILES string of the molecule is CC1NCCN(S(=O)(=O)c2cc(Br)ccc2[N+](=O)[O-])C1C.Cl. The van der Waals surface area contributed by atoms with Gasteiger partial charge in [0, 0.05) is 35.7 Å². The maximum absolute atomic E-state index is 12.8. The lowest BCUT2D eigenvalue weighted by Gasteiger charge is -2.37. The summed E-state index contributed by atoms with van der Waals surface area (Å²) in [4.78, 5) is 10.2. The second kappa shape index (κ2) is 7.22. The van der Waals surface area contributed by atoms with Crippen molar-refractivity contribution in [2.75, 3.05) is 13.1 Å². The highest BCUT2D eigenvalue weighted by molar-refractivity contribution is 9.10. The van der Waals surface area contributed by atoms with E-state index >= 15 is 0 Å². The standard InChI is InChI=1S/C12H16BrN3O4S.ClH/c1-8-9(2)15(6-5-14-8)21(19,20)12-7-10(13)3-4-11(12)16(17)18;/h3-4,7-9,14H,5-6H2,1-2H3;1H. The summed E-state index contributed by atoms with van der Waals surface area (Å²) >= 11 is 3.17. The summed E-state index contributed by atoms with van der Waals surface area (Å²) in [7, 11) is -3.92. The minimum absolute atomic E-state index is 0. The van der Waals surface area contributed by atoms with Crippen molar-refractivity contribution in [1.29, 1.82) is 0 Å². The second-order valence-electron chi connectivity index (χ2n) is 4.97. The molecule has 22 heavy (non-hydrogen) atoms. The largest absolute Gasteiger partial charge is 0.311 e. The first-order valence-corrected chi connectivity index (χ1v) is 8.67. The van der Waals surface area contributed by atoms with Crippen molar-refractivity contribution in [2.24, 2.45) is 0 Å². The van der Waals surface area contributed by atoms with Gasteiger partial charge < -0.3 is 5.32 Å². The van der Waals surface area contributed by atoms with Crippen molar-refractivity contribution < 1.29 is 13.3 Å². The summed E-state index contributed by atoms with van der Waals surface area (Å²) in [5.41, 5.74) is -0.406. The van der Waals surface area contributed by atoms with Gasteiger partial charge >= 0.3 is 0 Å². The average molecular weight is 415 g/mol. The molecule has 124 valence electrons. The maximum atomic E-state index is 12.8. The molecule has 0 radical (unpaired) electrons. The van der Waals surface area contributed by atoms with E-state index in [1.807, 2.05) is 6.92 Å². The number of benzene rings is 1. The fourth-order valence-corrected chi connectivity index (χ4v) is 4.74. The first kappa shape index (κ1) is 19.3. The topological polar surface area (TPSA) is 92.6 Å². The van der Waals surface area contributed by atoms with Crippen LogP contribution in [-0.2, 0) is 10.0 Å². The Morgan fingerprint density at radius 3 is 2.64 bits per heavy atom. The van der Waals surface area contributed by atoms with Gasteiger partial charge in [-0.2, -0.15) is 4.31 Å². The zero-order chi connectivity index (χ0) is 15.8.